The number of ether oxygens (including phenoxy) is 2. The van der Waals surface area contributed by atoms with Gasteiger partial charge in [0.15, 0.2) is 0 Å². The molecule has 0 bridgehead atoms. The molecule has 0 radical (unpaired) electrons. The first-order valence-electron chi connectivity index (χ1n) is 6.38. The van der Waals surface area contributed by atoms with Crippen LogP contribution in [-0.4, -0.2) is 24.3 Å². The lowest BCUT2D eigenvalue weighted by Gasteiger charge is -2.19. The predicted molar refractivity (Wildman–Crippen MR) is 69.2 cm³/mol. The molecule has 2 rings (SSSR count). The van der Waals surface area contributed by atoms with Crippen molar-refractivity contribution in [1.29, 1.82) is 0 Å². The summed E-state index contributed by atoms with van der Waals surface area (Å²) in [5.74, 6) is -2.67. The zero-order chi connectivity index (χ0) is 14.9. The molecule has 1 aromatic carbocycles. The van der Waals surface area contributed by atoms with Crippen LogP contribution in [-0.2, 0) is 9.47 Å². The molecule has 1 atom stereocenters. The number of rotatable bonds is 3. The minimum absolute atomic E-state index is 0.0215. The maximum absolute atomic E-state index is 13.5. The Balaban J connectivity index is 1.98. The van der Waals surface area contributed by atoms with Gasteiger partial charge in [0.05, 0.1) is 23.0 Å². The van der Waals surface area contributed by atoms with Gasteiger partial charge < -0.3 is 15.2 Å². The minimum Gasteiger partial charge on any atom is -0.459 e. The smallest absolute Gasteiger partial charge is 0.341 e. The average Bonchev–Trinajstić information content (AvgIpc) is 2.70. The lowest BCUT2D eigenvalue weighted by molar-refractivity contribution is -0.0446. The van der Waals surface area contributed by atoms with E-state index in [1.807, 2.05) is 13.8 Å². The third-order valence-corrected chi connectivity index (χ3v) is 3.26. The second-order valence-corrected chi connectivity index (χ2v) is 5.49. The van der Waals surface area contributed by atoms with E-state index in [0.717, 1.165) is 25.0 Å². The van der Waals surface area contributed by atoms with Gasteiger partial charge in [0.2, 0.25) is 0 Å². The summed E-state index contributed by atoms with van der Waals surface area (Å²) in [6.45, 7) is 3.92. The van der Waals surface area contributed by atoms with Gasteiger partial charge in [0.25, 0.3) is 0 Å². The Bertz CT molecular complexity index is 531. The molecule has 0 amide bonds. The number of hydrogen-bond donors (Lipinski definition) is 1. The number of halogens is 2. The largest absolute Gasteiger partial charge is 0.459 e. The fourth-order valence-corrected chi connectivity index (χ4v) is 2.16. The summed E-state index contributed by atoms with van der Waals surface area (Å²) in [6.07, 6.45) is 1.41. The van der Waals surface area contributed by atoms with E-state index in [1.165, 1.54) is 0 Å². The van der Waals surface area contributed by atoms with E-state index in [1.54, 1.807) is 0 Å². The topological polar surface area (TPSA) is 61.5 Å². The zero-order valence-corrected chi connectivity index (χ0v) is 11.4. The van der Waals surface area contributed by atoms with Crippen molar-refractivity contribution in [2.24, 2.45) is 0 Å². The van der Waals surface area contributed by atoms with Gasteiger partial charge in [-0.2, -0.15) is 0 Å². The molecular formula is C14H17F2NO3. The van der Waals surface area contributed by atoms with Crippen LogP contribution in [0.25, 0.3) is 0 Å². The molecule has 20 heavy (non-hydrogen) atoms. The fourth-order valence-electron chi connectivity index (χ4n) is 2.16. The van der Waals surface area contributed by atoms with Crippen LogP contribution in [0.15, 0.2) is 12.1 Å². The molecule has 0 aliphatic carbocycles. The van der Waals surface area contributed by atoms with E-state index in [4.69, 9.17) is 15.2 Å². The minimum atomic E-state index is -0.922. The van der Waals surface area contributed by atoms with E-state index < -0.39 is 23.2 Å². The van der Waals surface area contributed by atoms with Crippen LogP contribution in [0.4, 0.5) is 14.5 Å². The fraction of sp³-hybridized carbons (Fsp3) is 0.500. The highest BCUT2D eigenvalue weighted by Crippen LogP contribution is 2.29. The summed E-state index contributed by atoms with van der Waals surface area (Å²) >= 11 is 0. The van der Waals surface area contributed by atoms with Crippen LogP contribution < -0.4 is 5.73 Å². The molecule has 6 heteroatoms. The Morgan fingerprint density at radius 1 is 1.45 bits per heavy atom. The summed E-state index contributed by atoms with van der Waals surface area (Å²) in [7, 11) is 0. The Morgan fingerprint density at radius 3 is 2.75 bits per heavy atom. The number of hydrogen-bond acceptors (Lipinski definition) is 4. The first-order chi connectivity index (χ1) is 9.28. The Hall–Kier alpha value is -1.69. The van der Waals surface area contributed by atoms with Crippen LogP contribution >= 0.6 is 0 Å². The SMILES string of the molecule is CC1(C)CCC(COC(=O)c2cc(F)c(N)cc2F)O1. The quantitative estimate of drug-likeness (QED) is 0.685. The van der Waals surface area contributed by atoms with E-state index >= 15 is 0 Å². The second-order valence-electron chi connectivity index (χ2n) is 5.49. The van der Waals surface area contributed by atoms with Gasteiger partial charge in [-0.25, -0.2) is 13.6 Å². The van der Waals surface area contributed by atoms with Crippen molar-refractivity contribution < 1.29 is 23.0 Å². The average molecular weight is 285 g/mol. The number of nitrogens with two attached hydrogens (primary N) is 1. The first kappa shape index (κ1) is 14.7. The number of anilines is 1. The third-order valence-electron chi connectivity index (χ3n) is 3.26. The molecule has 1 aromatic rings. The zero-order valence-electron chi connectivity index (χ0n) is 11.4. The molecule has 1 aliphatic rings. The molecule has 1 heterocycles. The molecule has 1 aliphatic heterocycles. The monoisotopic (exact) mass is 285 g/mol. The van der Waals surface area contributed by atoms with Gasteiger partial charge in [0, 0.05) is 6.07 Å². The van der Waals surface area contributed by atoms with Crippen molar-refractivity contribution in [3.63, 3.8) is 0 Å². The van der Waals surface area contributed by atoms with Crippen molar-refractivity contribution in [3.05, 3.63) is 29.3 Å². The number of nitrogen functional groups attached to an aromatic ring is 1. The van der Waals surface area contributed by atoms with Crippen LogP contribution in [0.1, 0.15) is 37.0 Å². The number of carbonyl (C=O) groups excluding carboxylic acids is 1. The normalized spacial score (nSPS) is 20.9. The summed E-state index contributed by atoms with van der Waals surface area (Å²) in [5, 5.41) is 0. The standard InChI is InChI=1S/C14H17F2NO3/c1-14(2)4-3-8(20-14)7-19-13(18)9-5-11(16)12(17)6-10(9)15/h5-6,8H,3-4,7,17H2,1-2H3. The van der Waals surface area contributed by atoms with Crippen LogP contribution in [0.2, 0.25) is 0 Å². The summed E-state index contributed by atoms with van der Waals surface area (Å²) in [4.78, 5) is 11.7. The summed E-state index contributed by atoms with van der Waals surface area (Å²) < 4.78 is 37.4. The molecule has 0 aromatic heterocycles. The van der Waals surface area contributed by atoms with Gasteiger partial charge >= 0.3 is 5.97 Å². The Kier molecular flexibility index (Phi) is 3.94. The molecule has 0 spiro atoms. The highest BCUT2D eigenvalue weighted by molar-refractivity contribution is 5.90. The lowest BCUT2D eigenvalue weighted by Crippen LogP contribution is -2.24. The van der Waals surface area contributed by atoms with Crippen LogP contribution in [0.5, 0.6) is 0 Å². The molecule has 110 valence electrons. The highest BCUT2D eigenvalue weighted by atomic mass is 19.1. The van der Waals surface area contributed by atoms with Crippen molar-refractivity contribution in [3.8, 4) is 0 Å². The summed E-state index contributed by atoms with van der Waals surface area (Å²) in [6, 6.07) is 1.51. The maximum atomic E-state index is 13.5. The Labute approximate surface area is 115 Å². The Morgan fingerprint density at radius 2 is 2.15 bits per heavy atom. The predicted octanol–water partition coefficient (Wildman–Crippen LogP) is 2.66. The van der Waals surface area contributed by atoms with Gasteiger partial charge in [-0.05, 0) is 32.8 Å². The van der Waals surface area contributed by atoms with Crippen LogP contribution in [0, 0.1) is 11.6 Å². The molecule has 0 saturated carbocycles. The molecule has 1 unspecified atom stereocenters. The van der Waals surface area contributed by atoms with Crippen molar-refractivity contribution in [2.45, 2.75) is 38.4 Å². The highest BCUT2D eigenvalue weighted by Gasteiger charge is 2.32. The van der Waals surface area contributed by atoms with E-state index in [-0.39, 0.29) is 24.0 Å². The van der Waals surface area contributed by atoms with Crippen molar-refractivity contribution in [1.82, 2.24) is 0 Å². The number of esters is 1. The van der Waals surface area contributed by atoms with Gasteiger partial charge in [-0.15, -0.1) is 0 Å². The first-order valence-corrected chi connectivity index (χ1v) is 6.38. The third kappa shape index (κ3) is 3.25. The van der Waals surface area contributed by atoms with Gasteiger partial charge in [0.1, 0.15) is 18.2 Å². The summed E-state index contributed by atoms with van der Waals surface area (Å²) in [5.41, 5.74) is 4.15. The number of carbonyl (C=O) groups is 1. The van der Waals surface area contributed by atoms with Crippen molar-refractivity contribution in [2.75, 3.05) is 12.3 Å². The molecule has 4 nitrogen and oxygen atoms in total. The lowest BCUT2D eigenvalue weighted by atomic mass is 10.1. The van der Waals surface area contributed by atoms with Crippen LogP contribution in [0.3, 0.4) is 0 Å². The van der Waals surface area contributed by atoms with E-state index in [0.29, 0.717) is 0 Å². The molecular weight excluding hydrogens is 268 g/mol. The van der Waals surface area contributed by atoms with Gasteiger partial charge in [-0.1, -0.05) is 0 Å². The van der Waals surface area contributed by atoms with E-state index in [2.05, 4.69) is 0 Å². The molecule has 1 fully saturated rings. The maximum Gasteiger partial charge on any atom is 0.341 e. The molecule has 1 saturated heterocycles. The molecule has 2 N–H and O–H groups in total. The van der Waals surface area contributed by atoms with Gasteiger partial charge in [-0.3, -0.25) is 0 Å². The second kappa shape index (κ2) is 5.36. The van der Waals surface area contributed by atoms with E-state index in [9.17, 15) is 13.6 Å². The van der Waals surface area contributed by atoms with Crippen molar-refractivity contribution >= 4 is 11.7 Å². The number of benzene rings is 1.